The standard InChI is InChI=1S/C13H18FNO3/c1-2-18-13(17)7-11(16)9-15-8-10-5-3-4-6-12(10)14/h3-6,11,15-16H,2,7-9H2,1H3. The number of rotatable bonds is 7. The fraction of sp³-hybridized carbons (Fsp3) is 0.462. The number of halogens is 1. The molecule has 18 heavy (non-hydrogen) atoms. The number of esters is 1. The maximum atomic E-state index is 13.2. The molecule has 0 aliphatic rings. The van der Waals surface area contributed by atoms with Crippen molar-refractivity contribution in [2.75, 3.05) is 13.2 Å². The number of ether oxygens (including phenoxy) is 1. The minimum atomic E-state index is -0.823. The molecule has 0 aliphatic heterocycles. The predicted octanol–water partition coefficient (Wildman–Crippen LogP) is 1.23. The lowest BCUT2D eigenvalue weighted by molar-refractivity contribution is -0.145. The van der Waals surface area contributed by atoms with E-state index >= 15 is 0 Å². The van der Waals surface area contributed by atoms with Gasteiger partial charge in [0.05, 0.1) is 19.1 Å². The van der Waals surface area contributed by atoms with E-state index in [1.807, 2.05) is 0 Å². The van der Waals surface area contributed by atoms with Gasteiger partial charge in [0.2, 0.25) is 0 Å². The summed E-state index contributed by atoms with van der Waals surface area (Å²) < 4.78 is 18.0. The summed E-state index contributed by atoms with van der Waals surface area (Å²) in [6.07, 6.45) is -0.881. The fourth-order valence-electron chi connectivity index (χ4n) is 1.50. The molecule has 1 rings (SSSR count). The van der Waals surface area contributed by atoms with Gasteiger partial charge in [-0.15, -0.1) is 0 Å². The molecule has 5 heteroatoms. The summed E-state index contributed by atoms with van der Waals surface area (Å²) in [4.78, 5) is 11.1. The summed E-state index contributed by atoms with van der Waals surface area (Å²) in [5.41, 5.74) is 0.529. The molecule has 100 valence electrons. The Kier molecular flexibility index (Phi) is 6.32. The summed E-state index contributed by atoms with van der Waals surface area (Å²) in [6, 6.07) is 6.41. The highest BCUT2D eigenvalue weighted by molar-refractivity contribution is 5.69. The monoisotopic (exact) mass is 255 g/mol. The van der Waals surface area contributed by atoms with Crippen molar-refractivity contribution in [1.82, 2.24) is 5.32 Å². The molecule has 4 nitrogen and oxygen atoms in total. The average Bonchev–Trinajstić information content (AvgIpc) is 2.31. The lowest BCUT2D eigenvalue weighted by Crippen LogP contribution is -2.29. The number of carbonyl (C=O) groups is 1. The maximum Gasteiger partial charge on any atom is 0.308 e. The molecule has 0 saturated heterocycles. The van der Waals surface area contributed by atoms with Crippen molar-refractivity contribution in [2.45, 2.75) is 26.0 Å². The Hall–Kier alpha value is -1.46. The van der Waals surface area contributed by atoms with Crippen LogP contribution < -0.4 is 5.32 Å². The number of nitrogens with one attached hydrogen (secondary N) is 1. The maximum absolute atomic E-state index is 13.2. The van der Waals surface area contributed by atoms with Crippen molar-refractivity contribution in [3.8, 4) is 0 Å². The van der Waals surface area contributed by atoms with E-state index < -0.39 is 12.1 Å². The zero-order valence-electron chi connectivity index (χ0n) is 10.4. The summed E-state index contributed by atoms with van der Waals surface area (Å²) in [7, 11) is 0. The molecule has 1 aromatic carbocycles. The number of aliphatic hydroxyl groups excluding tert-OH is 1. The Morgan fingerprint density at radius 3 is 2.89 bits per heavy atom. The number of hydrogen-bond acceptors (Lipinski definition) is 4. The zero-order chi connectivity index (χ0) is 13.4. The number of aliphatic hydroxyl groups is 1. The van der Waals surface area contributed by atoms with Crippen molar-refractivity contribution in [1.29, 1.82) is 0 Å². The molecule has 0 aromatic heterocycles. The lowest BCUT2D eigenvalue weighted by atomic mass is 10.2. The van der Waals surface area contributed by atoms with E-state index in [4.69, 9.17) is 4.74 Å². The second kappa shape index (κ2) is 7.79. The predicted molar refractivity (Wildman–Crippen MR) is 65.4 cm³/mol. The normalized spacial score (nSPS) is 12.2. The van der Waals surface area contributed by atoms with E-state index in [0.717, 1.165) is 0 Å². The SMILES string of the molecule is CCOC(=O)CC(O)CNCc1ccccc1F. The fourth-order valence-corrected chi connectivity index (χ4v) is 1.50. The van der Waals surface area contributed by atoms with Crippen LogP contribution >= 0.6 is 0 Å². The molecule has 1 atom stereocenters. The Labute approximate surface area is 106 Å². The first kappa shape index (κ1) is 14.6. The van der Waals surface area contributed by atoms with Crippen LogP contribution in [0.3, 0.4) is 0 Å². The van der Waals surface area contributed by atoms with Crippen molar-refractivity contribution >= 4 is 5.97 Å². The molecule has 0 bridgehead atoms. The molecular weight excluding hydrogens is 237 g/mol. The summed E-state index contributed by atoms with van der Waals surface area (Å²) in [5, 5.41) is 12.4. The molecule has 0 spiro atoms. The van der Waals surface area contributed by atoms with Gasteiger partial charge in [0.15, 0.2) is 0 Å². The van der Waals surface area contributed by atoms with Gasteiger partial charge in [-0.25, -0.2) is 4.39 Å². The van der Waals surface area contributed by atoms with Crippen LogP contribution in [0.5, 0.6) is 0 Å². The first-order valence-electron chi connectivity index (χ1n) is 5.91. The first-order chi connectivity index (χ1) is 8.63. The molecule has 0 heterocycles. The Morgan fingerprint density at radius 2 is 2.22 bits per heavy atom. The molecule has 0 amide bonds. The highest BCUT2D eigenvalue weighted by atomic mass is 19.1. The van der Waals surface area contributed by atoms with Crippen LogP contribution in [0.1, 0.15) is 18.9 Å². The lowest BCUT2D eigenvalue weighted by Gasteiger charge is -2.11. The molecule has 0 fully saturated rings. The molecule has 1 aromatic rings. The second-order valence-electron chi connectivity index (χ2n) is 3.89. The van der Waals surface area contributed by atoms with E-state index in [9.17, 15) is 14.3 Å². The van der Waals surface area contributed by atoms with E-state index in [-0.39, 0.29) is 18.8 Å². The van der Waals surface area contributed by atoms with Gasteiger partial charge < -0.3 is 15.2 Å². The quantitative estimate of drug-likeness (QED) is 0.719. The van der Waals surface area contributed by atoms with E-state index in [0.29, 0.717) is 18.7 Å². The molecule has 1 unspecified atom stereocenters. The van der Waals surface area contributed by atoms with Crippen molar-refractivity contribution in [3.63, 3.8) is 0 Å². The van der Waals surface area contributed by atoms with Gasteiger partial charge in [-0.3, -0.25) is 4.79 Å². The van der Waals surface area contributed by atoms with Crippen LogP contribution in [0.4, 0.5) is 4.39 Å². The average molecular weight is 255 g/mol. The molecule has 0 radical (unpaired) electrons. The summed E-state index contributed by atoms with van der Waals surface area (Å²) >= 11 is 0. The zero-order valence-corrected chi connectivity index (χ0v) is 10.4. The molecule has 0 saturated carbocycles. The topological polar surface area (TPSA) is 58.6 Å². The van der Waals surface area contributed by atoms with Gasteiger partial charge in [0.1, 0.15) is 5.82 Å². The third kappa shape index (κ3) is 5.25. The smallest absolute Gasteiger partial charge is 0.308 e. The van der Waals surface area contributed by atoms with Crippen LogP contribution in [0.2, 0.25) is 0 Å². The Balaban J connectivity index is 2.25. The number of hydrogen-bond donors (Lipinski definition) is 2. The first-order valence-corrected chi connectivity index (χ1v) is 5.91. The van der Waals surface area contributed by atoms with Crippen LogP contribution in [0, 0.1) is 5.82 Å². The van der Waals surface area contributed by atoms with Crippen LogP contribution in [0.15, 0.2) is 24.3 Å². The third-order valence-electron chi connectivity index (χ3n) is 2.36. The van der Waals surface area contributed by atoms with Crippen molar-refractivity contribution < 1.29 is 19.0 Å². The van der Waals surface area contributed by atoms with Crippen molar-refractivity contribution in [3.05, 3.63) is 35.6 Å². The minimum absolute atomic E-state index is 0.0574. The Bertz CT molecular complexity index is 384. The summed E-state index contributed by atoms with van der Waals surface area (Å²) in [5.74, 6) is -0.720. The van der Waals surface area contributed by atoms with Crippen LogP contribution in [0.25, 0.3) is 0 Å². The van der Waals surface area contributed by atoms with Gasteiger partial charge in [-0.1, -0.05) is 18.2 Å². The molecule has 2 N–H and O–H groups in total. The van der Waals surface area contributed by atoms with Crippen molar-refractivity contribution in [2.24, 2.45) is 0 Å². The van der Waals surface area contributed by atoms with Gasteiger partial charge in [-0.2, -0.15) is 0 Å². The van der Waals surface area contributed by atoms with E-state index in [2.05, 4.69) is 5.32 Å². The van der Waals surface area contributed by atoms with E-state index in [1.165, 1.54) is 6.07 Å². The van der Waals surface area contributed by atoms with E-state index in [1.54, 1.807) is 25.1 Å². The summed E-state index contributed by atoms with van der Waals surface area (Å²) in [6.45, 7) is 2.54. The van der Waals surface area contributed by atoms with Crippen LogP contribution in [-0.4, -0.2) is 30.3 Å². The highest BCUT2D eigenvalue weighted by Gasteiger charge is 2.11. The van der Waals surface area contributed by atoms with Gasteiger partial charge in [0.25, 0.3) is 0 Å². The van der Waals surface area contributed by atoms with Gasteiger partial charge in [0, 0.05) is 18.7 Å². The Morgan fingerprint density at radius 1 is 1.50 bits per heavy atom. The van der Waals surface area contributed by atoms with Crippen LogP contribution in [-0.2, 0) is 16.1 Å². The largest absolute Gasteiger partial charge is 0.466 e. The number of benzene rings is 1. The van der Waals surface area contributed by atoms with Gasteiger partial charge in [-0.05, 0) is 13.0 Å². The number of carbonyl (C=O) groups excluding carboxylic acids is 1. The minimum Gasteiger partial charge on any atom is -0.466 e. The highest BCUT2D eigenvalue weighted by Crippen LogP contribution is 2.05. The third-order valence-corrected chi connectivity index (χ3v) is 2.36. The molecular formula is C13H18FNO3. The molecule has 0 aliphatic carbocycles. The second-order valence-corrected chi connectivity index (χ2v) is 3.89. The van der Waals surface area contributed by atoms with Gasteiger partial charge >= 0.3 is 5.97 Å².